The predicted molar refractivity (Wildman–Crippen MR) is 475 cm³/mol. The number of aliphatic hydroxyl groups excluding tert-OH is 14. The molecular formula is C90H131N8O42P. The lowest BCUT2D eigenvalue weighted by Gasteiger charge is -2.45. The topological polar surface area (TPSA) is 710 Å². The Balaban J connectivity index is 0.708. The van der Waals surface area contributed by atoms with Gasteiger partial charge in [0.15, 0.2) is 25.2 Å². The number of aliphatic hydroxyl groups is 14. The number of fused-ring (bicyclic) bond motifs is 5. The first-order valence-corrected chi connectivity index (χ1v) is 48.2. The number of phosphoric acid groups is 1. The van der Waals surface area contributed by atoms with Gasteiger partial charge in [-0.1, -0.05) is 67.0 Å². The van der Waals surface area contributed by atoms with Crippen molar-refractivity contribution in [1.82, 2.24) is 26.3 Å². The number of hydrogen-bond donors (Lipinski definition) is 19. The molecule has 8 aliphatic rings. The average molecular weight is 2030 g/mol. The molecule has 5 amide bonds. The number of anilines is 1. The number of amides is 5. The minimum absolute atomic E-state index is 0.0474. The molecule has 3 aromatic rings. The molecule has 0 aromatic heterocycles. The van der Waals surface area contributed by atoms with Gasteiger partial charge in [-0.25, -0.2) is 4.57 Å². The van der Waals surface area contributed by atoms with E-state index in [1.54, 1.807) is 4.90 Å². The van der Waals surface area contributed by atoms with Crippen molar-refractivity contribution < 1.29 is 204 Å². The third-order valence-corrected chi connectivity index (χ3v) is 27.0. The number of benzene rings is 3. The predicted octanol–water partition coefficient (Wildman–Crippen LogP) is -4.03. The minimum Gasteiger partial charge on any atom is -0.492 e. The zero-order valence-corrected chi connectivity index (χ0v) is 79.3. The largest absolute Gasteiger partial charge is 0.492 e. The molecule has 0 radical (unpaired) electrons. The highest BCUT2D eigenvalue weighted by Crippen LogP contribution is 2.50. The third kappa shape index (κ3) is 29.4. The highest BCUT2D eigenvalue weighted by atomic mass is 31.2. The van der Waals surface area contributed by atoms with Crippen molar-refractivity contribution in [2.45, 2.75) is 256 Å². The van der Waals surface area contributed by atoms with Crippen LogP contribution in [0, 0.1) is 23.7 Å². The second-order valence-corrected chi connectivity index (χ2v) is 36.8. The number of carbonyl (C=O) groups is 9. The Morgan fingerprint density at radius 3 is 1.37 bits per heavy atom. The van der Waals surface area contributed by atoms with E-state index in [4.69, 9.17) is 80.7 Å². The van der Waals surface area contributed by atoms with Crippen molar-refractivity contribution in [2.24, 2.45) is 34.0 Å². The summed E-state index contributed by atoms with van der Waals surface area (Å²) in [5.41, 5.74) is 2.81. The summed E-state index contributed by atoms with van der Waals surface area (Å²) < 4.78 is 106. The van der Waals surface area contributed by atoms with E-state index < -0.39 is 266 Å². The molecule has 15 unspecified atom stereocenters. The molecule has 6 heterocycles. The second kappa shape index (κ2) is 53.9. The highest BCUT2D eigenvalue weighted by molar-refractivity contribution is 7.47. The summed E-state index contributed by atoms with van der Waals surface area (Å²) in [4.78, 5) is 133. The lowest BCUT2D eigenvalue weighted by molar-refractivity contribution is -0.326. The van der Waals surface area contributed by atoms with Crippen molar-refractivity contribution >= 4 is 66.9 Å². The fraction of sp³-hybridized carbons (Fsp3) is 0.700. The summed E-state index contributed by atoms with van der Waals surface area (Å²) in [5.74, 6) is -11.0. The second-order valence-electron chi connectivity index (χ2n) is 35.2. The number of nitrogens with zero attached hydrogens (tertiary/aromatic N) is 4. The van der Waals surface area contributed by atoms with Gasteiger partial charge in [-0.2, -0.15) is 5.11 Å². The van der Waals surface area contributed by atoms with Crippen LogP contribution in [-0.4, -0.2) is 403 Å². The van der Waals surface area contributed by atoms with Crippen LogP contribution in [0.2, 0.25) is 0 Å². The number of esters is 4. The molecule has 31 atom stereocenters. The third-order valence-electron chi connectivity index (χ3n) is 26.0. The van der Waals surface area contributed by atoms with Gasteiger partial charge in [-0.15, -0.1) is 0 Å². The van der Waals surface area contributed by atoms with Crippen LogP contribution in [0.3, 0.4) is 0 Å². The molecule has 51 heteroatoms. The Bertz CT molecular complexity index is 4500. The van der Waals surface area contributed by atoms with Crippen LogP contribution >= 0.6 is 7.82 Å². The van der Waals surface area contributed by atoms with Crippen LogP contribution in [0.1, 0.15) is 139 Å². The molecule has 2 saturated carbocycles. The van der Waals surface area contributed by atoms with E-state index in [2.05, 4.69) is 31.0 Å². The minimum atomic E-state index is -4.05. The lowest BCUT2D eigenvalue weighted by Crippen LogP contribution is -2.61. The molecule has 2 aliphatic carbocycles. The lowest BCUT2D eigenvalue weighted by atomic mass is 9.76. The monoisotopic (exact) mass is 2030 g/mol. The summed E-state index contributed by atoms with van der Waals surface area (Å²) in [6, 6.07) is 18.1. The van der Waals surface area contributed by atoms with E-state index in [0.717, 1.165) is 58.7 Å². The molecule has 788 valence electrons. The summed E-state index contributed by atoms with van der Waals surface area (Å²) in [6.07, 6.45) is -38.1. The molecule has 6 fully saturated rings. The highest BCUT2D eigenvalue weighted by Gasteiger charge is 2.55. The Morgan fingerprint density at radius 2 is 0.872 bits per heavy atom. The number of nitrogens with one attached hydrogen (secondary N) is 4. The maximum Gasteiger partial charge on any atom is 0.471 e. The number of hydrogen-bond acceptors (Lipinski definition) is 44. The molecule has 141 heavy (non-hydrogen) atoms. The van der Waals surface area contributed by atoms with Gasteiger partial charge >= 0.3 is 31.7 Å². The first-order valence-electron chi connectivity index (χ1n) is 46.7. The van der Waals surface area contributed by atoms with Gasteiger partial charge < -0.3 is 174 Å². The first kappa shape index (κ1) is 113. The van der Waals surface area contributed by atoms with Gasteiger partial charge in [0.25, 0.3) is 11.8 Å². The molecule has 0 spiro atoms. The smallest absolute Gasteiger partial charge is 0.471 e. The van der Waals surface area contributed by atoms with Gasteiger partial charge in [0.1, 0.15) is 122 Å². The van der Waals surface area contributed by atoms with E-state index >= 15 is 0 Å². The van der Waals surface area contributed by atoms with Crippen molar-refractivity contribution in [3.8, 4) is 5.75 Å². The summed E-state index contributed by atoms with van der Waals surface area (Å²) in [5, 5.41) is 173. The maximum absolute atomic E-state index is 14.3. The molecular weight excluding hydrogens is 1900 g/mol. The van der Waals surface area contributed by atoms with Crippen LogP contribution in [-0.2, 0) is 120 Å². The number of rotatable bonds is 48. The van der Waals surface area contributed by atoms with Crippen molar-refractivity contribution in [3.63, 3.8) is 0 Å². The van der Waals surface area contributed by atoms with E-state index in [1.807, 2.05) is 53.5 Å². The van der Waals surface area contributed by atoms with Gasteiger partial charge in [-0.3, -0.25) is 57.2 Å². The Morgan fingerprint density at radius 1 is 0.440 bits per heavy atom. The normalized spacial score (nSPS) is 32.3. The SMILES string of the molecule is COC(=O)C1C[C@H](OCC2O[C@H](OCCNC(=O)c3cc(OCCNC(=O)CCCCCN4N=NC5c6ccccc6CN(C(=O)CCC(=O)NCCCCCCOP(=O)(O)OC)c6ccccc6C54)cc(C(=O)NCCO[C@H]4OC(CO[C@H]5CC(C(=O)OC)[C@@H](C(=O)OC)CC5O[C@H]5OC(CO)[C@@H](O)[C@H](O)C5O)[C@@H](O)[C@H](O)C4O)c3)C(O)[C@@H](O)[C@@H]2O)C(O[C@@H]2OC(CO)[C@@H](O)[C@H](O)C2O)C[C@@H]1C(=O)OC. The standard InChI is InChI=1S/C90H131N8O42P/c1-124-83(118)51-36-56(58(38-53(51)85(120)126-3)135-89-79(114)73(108)69(104)60(41-99)137-89)132-43-62-71(106)75(110)77(112)87(139-62)130-31-26-93-81(116)46-33-47(82(117)94-27-32-131-88-78(113)76(111)72(107)63(140-88)44-133-57-37-52(84(119)125-2)54(86(121)127-4)39-59(57)136-90-80(115)74(109)70(105)61(42-100)138-90)35-48(34-46)129-30-25-92-64(101)21-9-8-15-28-98-68-50-19-12-13-20-55(50)97(40-45-17-10-11-18-49(45)67(68)95-96-98)66(103)23-22-65(102)91-24-14-6-7-16-29-134-141(122,123)128-5/h10-13,17-20,33-35,51-54,56-63,67-80,87-90,99-100,104-115H,6-9,14-16,21-32,36-44H2,1-5H3,(H,91,102)(H,92,101)(H,93,116)(H,94,117)(H,122,123)/t51?,52?,53-,54-,56-,57-,58?,59?,60?,61?,62?,63?,67?,68?,69+,70+,71+,72+,73-,74-,75-,76-,77?,78?,79?,80?,87-,88-,89-,90+/m0/s1. The van der Waals surface area contributed by atoms with Crippen LogP contribution in [0.5, 0.6) is 5.75 Å². The Hall–Kier alpha value is -8.76. The summed E-state index contributed by atoms with van der Waals surface area (Å²) in [6.45, 7) is -3.87. The number of unbranched alkanes of at least 4 members (excludes halogenated alkanes) is 5. The summed E-state index contributed by atoms with van der Waals surface area (Å²) in [7, 11) is 1.33. The number of phosphoric ester groups is 1. The van der Waals surface area contributed by atoms with Gasteiger partial charge in [0, 0.05) is 74.9 Å². The van der Waals surface area contributed by atoms with Crippen LogP contribution in [0.4, 0.5) is 5.69 Å². The van der Waals surface area contributed by atoms with E-state index in [-0.39, 0.29) is 119 Å². The molecule has 19 N–H and O–H groups in total. The first-order chi connectivity index (χ1) is 67.6. The molecule has 50 nitrogen and oxygen atoms in total. The van der Waals surface area contributed by atoms with Crippen molar-refractivity contribution in [3.05, 3.63) is 94.5 Å². The number of carbonyl (C=O) groups excluding carboxylic acids is 9. The summed E-state index contributed by atoms with van der Waals surface area (Å²) >= 11 is 0. The average Bonchev–Trinajstić information content (AvgIpc) is 1.63. The zero-order chi connectivity index (χ0) is 102. The van der Waals surface area contributed by atoms with E-state index in [1.165, 1.54) is 18.2 Å². The van der Waals surface area contributed by atoms with E-state index in [9.17, 15) is 124 Å². The molecule has 3 aromatic carbocycles. The quantitative estimate of drug-likeness (QED) is 0.0111. The molecule has 0 bridgehead atoms. The fourth-order valence-electron chi connectivity index (χ4n) is 18.2. The van der Waals surface area contributed by atoms with Crippen LogP contribution in [0.15, 0.2) is 77.1 Å². The van der Waals surface area contributed by atoms with Gasteiger partial charge in [0.05, 0.1) is 136 Å². The number of para-hydroxylation sites is 1. The Kier molecular flexibility index (Phi) is 43.0. The van der Waals surface area contributed by atoms with Gasteiger partial charge in [0.2, 0.25) is 17.7 Å². The van der Waals surface area contributed by atoms with Crippen LogP contribution < -0.4 is 30.9 Å². The number of methoxy groups -OCH3 is 4. The Labute approximate surface area is 810 Å². The van der Waals surface area contributed by atoms with Crippen molar-refractivity contribution in [2.75, 3.05) is 126 Å². The fourth-order valence-corrected chi connectivity index (χ4v) is 18.6. The molecule has 6 aliphatic heterocycles. The van der Waals surface area contributed by atoms with Gasteiger partial charge in [-0.05, 0) is 86.8 Å². The van der Waals surface area contributed by atoms with Crippen LogP contribution in [0.25, 0.3) is 0 Å². The maximum atomic E-state index is 14.3. The molecule has 11 rings (SSSR count). The van der Waals surface area contributed by atoms with E-state index in [0.29, 0.717) is 57.3 Å². The molecule has 4 saturated heterocycles. The zero-order valence-electron chi connectivity index (χ0n) is 78.4. The van der Waals surface area contributed by atoms with Crippen molar-refractivity contribution in [1.29, 1.82) is 0 Å². The number of ether oxygens (including phenoxy) is 15.